The molecule has 3 rings (SSSR count). The van der Waals surface area contributed by atoms with Gasteiger partial charge in [0.1, 0.15) is 5.75 Å². The van der Waals surface area contributed by atoms with Gasteiger partial charge in [-0.1, -0.05) is 35.7 Å². The molecule has 1 aliphatic rings. The van der Waals surface area contributed by atoms with Gasteiger partial charge in [0.15, 0.2) is 12.4 Å². The second-order valence-corrected chi connectivity index (χ2v) is 6.39. The standard InChI is InChI=1S/C17H23N3O2.ClH/c1-11-8-12(2)15(13(3)9-11)21-10-14-19-16(20-22-14)17(18)6-4-5-7-17;/h8-9H,4-7,10,18H2,1-3H3;1H. The van der Waals surface area contributed by atoms with Crippen LogP contribution in [0.1, 0.15) is 54.1 Å². The number of rotatable bonds is 4. The second-order valence-electron chi connectivity index (χ2n) is 6.39. The van der Waals surface area contributed by atoms with Crippen molar-refractivity contribution in [3.05, 3.63) is 40.5 Å². The maximum Gasteiger partial charge on any atom is 0.264 e. The Morgan fingerprint density at radius 2 is 1.78 bits per heavy atom. The number of aromatic nitrogens is 2. The highest BCUT2D eigenvalue weighted by Crippen LogP contribution is 2.34. The van der Waals surface area contributed by atoms with Crippen molar-refractivity contribution in [2.45, 2.75) is 58.6 Å². The van der Waals surface area contributed by atoms with Crippen molar-refractivity contribution in [1.29, 1.82) is 0 Å². The molecule has 23 heavy (non-hydrogen) atoms. The van der Waals surface area contributed by atoms with Crippen molar-refractivity contribution in [1.82, 2.24) is 10.1 Å². The summed E-state index contributed by atoms with van der Waals surface area (Å²) in [5.74, 6) is 1.97. The fourth-order valence-corrected chi connectivity index (χ4v) is 3.27. The molecule has 126 valence electrons. The van der Waals surface area contributed by atoms with Gasteiger partial charge >= 0.3 is 0 Å². The highest BCUT2D eigenvalue weighted by atomic mass is 35.5. The molecule has 1 heterocycles. The van der Waals surface area contributed by atoms with Crippen LogP contribution in [0.25, 0.3) is 0 Å². The van der Waals surface area contributed by atoms with E-state index in [0.29, 0.717) is 11.7 Å². The van der Waals surface area contributed by atoms with E-state index in [1.54, 1.807) is 0 Å². The lowest BCUT2D eigenvalue weighted by Crippen LogP contribution is -2.34. The Morgan fingerprint density at radius 1 is 1.17 bits per heavy atom. The summed E-state index contributed by atoms with van der Waals surface area (Å²) in [5, 5.41) is 4.05. The zero-order valence-corrected chi connectivity index (χ0v) is 14.7. The van der Waals surface area contributed by atoms with E-state index in [0.717, 1.165) is 42.6 Å². The Balaban J connectivity index is 0.00000192. The zero-order valence-electron chi connectivity index (χ0n) is 13.9. The molecular weight excluding hydrogens is 314 g/mol. The van der Waals surface area contributed by atoms with Crippen molar-refractivity contribution in [3.63, 3.8) is 0 Å². The lowest BCUT2D eigenvalue weighted by Gasteiger charge is -2.17. The van der Waals surface area contributed by atoms with Gasteiger partial charge in [0.25, 0.3) is 5.89 Å². The van der Waals surface area contributed by atoms with Crippen molar-refractivity contribution in [3.8, 4) is 5.75 Å². The molecule has 0 saturated heterocycles. The number of hydrogen-bond donors (Lipinski definition) is 1. The molecule has 0 bridgehead atoms. The Hall–Kier alpha value is -1.59. The number of hydrogen-bond acceptors (Lipinski definition) is 5. The molecule has 2 N–H and O–H groups in total. The molecule has 1 aromatic carbocycles. The predicted octanol–water partition coefficient (Wildman–Crippen LogP) is 3.72. The minimum Gasteiger partial charge on any atom is -0.483 e. The fourth-order valence-electron chi connectivity index (χ4n) is 3.27. The molecule has 0 radical (unpaired) electrons. The number of benzene rings is 1. The first-order valence-electron chi connectivity index (χ1n) is 7.80. The molecular formula is C17H24ClN3O2. The van der Waals surface area contributed by atoms with Crippen LogP contribution < -0.4 is 10.5 Å². The van der Waals surface area contributed by atoms with E-state index in [1.807, 2.05) is 13.8 Å². The van der Waals surface area contributed by atoms with Crippen LogP contribution in [0.5, 0.6) is 5.75 Å². The van der Waals surface area contributed by atoms with E-state index in [9.17, 15) is 0 Å². The van der Waals surface area contributed by atoms with Crippen LogP contribution in [0.4, 0.5) is 0 Å². The first kappa shape index (κ1) is 17.8. The van der Waals surface area contributed by atoms with Gasteiger partial charge in [0, 0.05) is 0 Å². The summed E-state index contributed by atoms with van der Waals surface area (Å²) >= 11 is 0. The van der Waals surface area contributed by atoms with Gasteiger partial charge in [-0.3, -0.25) is 0 Å². The Morgan fingerprint density at radius 3 is 2.39 bits per heavy atom. The number of ether oxygens (including phenoxy) is 1. The van der Waals surface area contributed by atoms with E-state index < -0.39 is 5.54 Å². The molecule has 0 spiro atoms. The lowest BCUT2D eigenvalue weighted by molar-refractivity contribution is 0.239. The summed E-state index contributed by atoms with van der Waals surface area (Å²) < 4.78 is 11.2. The highest BCUT2D eigenvalue weighted by molar-refractivity contribution is 5.85. The Kier molecular flexibility index (Phi) is 5.32. The SMILES string of the molecule is Cc1cc(C)c(OCc2nc(C3(N)CCCC3)no2)c(C)c1.Cl. The lowest BCUT2D eigenvalue weighted by atomic mass is 9.99. The van der Waals surface area contributed by atoms with Gasteiger partial charge < -0.3 is 15.0 Å². The minimum absolute atomic E-state index is 0. The molecule has 0 amide bonds. The normalized spacial score (nSPS) is 16.2. The van der Waals surface area contributed by atoms with Gasteiger partial charge in [-0.2, -0.15) is 4.98 Å². The van der Waals surface area contributed by atoms with Crippen molar-refractivity contribution < 1.29 is 9.26 Å². The van der Waals surface area contributed by atoms with Crippen molar-refractivity contribution in [2.24, 2.45) is 5.73 Å². The van der Waals surface area contributed by atoms with Gasteiger partial charge in [-0.25, -0.2) is 0 Å². The summed E-state index contributed by atoms with van der Waals surface area (Å²) in [7, 11) is 0. The molecule has 6 heteroatoms. The Labute approximate surface area is 143 Å². The van der Waals surface area contributed by atoms with Gasteiger partial charge in [0.05, 0.1) is 5.54 Å². The van der Waals surface area contributed by atoms with Crippen molar-refractivity contribution >= 4 is 12.4 Å². The van der Waals surface area contributed by atoms with Crippen LogP contribution >= 0.6 is 12.4 Å². The van der Waals surface area contributed by atoms with Crippen LogP contribution in [-0.4, -0.2) is 10.1 Å². The molecule has 0 atom stereocenters. The summed E-state index contributed by atoms with van der Waals surface area (Å²) in [5.41, 5.74) is 9.38. The fraction of sp³-hybridized carbons (Fsp3) is 0.529. The number of halogens is 1. The van der Waals surface area contributed by atoms with Crippen LogP contribution in [-0.2, 0) is 12.1 Å². The average molecular weight is 338 g/mol. The third-order valence-corrected chi connectivity index (χ3v) is 4.35. The molecule has 1 aliphatic carbocycles. The summed E-state index contributed by atoms with van der Waals surface area (Å²) in [6, 6.07) is 4.21. The van der Waals surface area contributed by atoms with Crippen LogP contribution in [0.15, 0.2) is 16.7 Å². The molecule has 0 aliphatic heterocycles. The van der Waals surface area contributed by atoms with E-state index in [1.165, 1.54) is 5.56 Å². The second kappa shape index (κ2) is 6.89. The largest absolute Gasteiger partial charge is 0.483 e. The van der Waals surface area contributed by atoms with Crippen LogP contribution in [0.2, 0.25) is 0 Å². The molecule has 0 unspecified atom stereocenters. The van der Waals surface area contributed by atoms with Gasteiger partial charge in [0.2, 0.25) is 0 Å². The summed E-state index contributed by atoms with van der Waals surface area (Å²) in [6.07, 6.45) is 4.09. The molecule has 2 aromatic rings. The van der Waals surface area contributed by atoms with Crippen LogP contribution in [0.3, 0.4) is 0 Å². The van der Waals surface area contributed by atoms with Crippen molar-refractivity contribution in [2.75, 3.05) is 0 Å². The summed E-state index contributed by atoms with van der Waals surface area (Å²) in [4.78, 5) is 4.43. The Bertz CT molecular complexity index is 655. The maximum absolute atomic E-state index is 6.34. The zero-order chi connectivity index (χ0) is 15.7. The number of aryl methyl sites for hydroxylation is 3. The number of nitrogens with zero attached hydrogens (tertiary/aromatic N) is 2. The predicted molar refractivity (Wildman–Crippen MR) is 90.9 cm³/mol. The van der Waals surface area contributed by atoms with Gasteiger partial charge in [-0.05, 0) is 44.7 Å². The van der Waals surface area contributed by atoms with E-state index in [4.69, 9.17) is 15.0 Å². The third-order valence-electron chi connectivity index (χ3n) is 4.35. The minimum atomic E-state index is -0.419. The maximum atomic E-state index is 6.34. The first-order valence-corrected chi connectivity index (χ1v) is 7.80. The van der Waals surface area contributed by atoms with E-state index in [2.05, 4.69) is 29.2 Å². The van der Waals surface area contributed by atoms with Crippen LogP contribution in [0, 0.1) is 20.8 Å². The van der Waals surface area contributed by atoms with E-state index >= 15 is 0 Å². The molecule has 1 saturated carbocycles. The highest BCUT2D eigenvalue weighted by Gasteiger charge is 2.35. The first-order chi connectivity index (χ1) is 10.5. The number of nitrogens with two attached hydrogens (primary N) is 1. The van der Waals surface area contributed by atoms with Gasteiger partial charge in [-0.15, -0.1) is 12.4 Å². The van der Waals surface area contributed by atoms with E-state index in [-0.39, 0.29) is 19.0 Å². The topological polar surface area (TPSA) is 74.2 Å². The molecule has 1 aromatic heterocycles. The molecule has 1 fully saturated rings. The quantitative estimate of drug-likeness (QED) is 0.920. The monoisotopic (exact) mass is 337 g/mol. The average Bonchev–Trinajstić information content (AvgIpc) is 3.07. The third kappa shape index (κ3) is 3.67. The smallest absolute Gasteiger partial charge is 0.264 e. The molecule has 5 nitrogen and oxygen atoms in total. The summed E-state index contributed by atoms with van der Waals surface area (Å²) in [6.45, 7) is 6.44.